The van der Waals surface area contributed by atoms with Crippen molar-refractivity contribution in [1.82, 2.24) is 0 Å². The van der Waals surface area contributed by atoms with Gasteiger partial charge in [0, 0.05) is 23.3 Å². The Morgan fingerprint density at radius 3 is 2.25 bits per heavy atom. The van der Waals surface area contributed by atoms with Crippen LogP contribution >= 0.6 is 11.8 Å². The summed E-state index contributed by atoms with van der Waals surface area (Å²) >= 11 is 1.22. The Morgan fingerprint density at radius 1 is 1.03 bits per heavy atom. The molecule has 5 N–H and O–H groups in total. The number of thioether (sulfide) groups is 1. The number of carboxylic acid groups (broad SMARTS) is 2. The second kappa shape index (κ2) is 10.8. The largest absolute Gasteiger partial charge is 0.528 e. The highest BCUT2D eigenvalue weighted by atomic mass is 32.2. The number of hydrogen-bond donors (Lipinski definition) is 5. The number of aliphatic hydroxyl groups excluding tert-OH is 3. The first-order chi connectivity index (χ1) is 15.0. The van der Waals surface area contributed by atoms with Crippen LogP contribution in [0.1, 0.15) is 5.56 Å². The first kappa shape index (κ1) is 24.9. The van der Waals surface area contributed by atoms with Crippen molar-refractivity contribution >= 4 is 41.2 Å². The normalized spacial score (nSPS) is 22.2. The highest BCUT2D eigenvalue weighted by Crippen LogP contribution is 2.30. The summed E-state index contributed by atoms with van der Waals surface area (Å²) in [7, 11) is 0. The van der Waals surface area contributed by atoms with Crippen molar-refractivity contribution in [2.75, 3.05) is 5.75 Å². The standard InChI is InChI=1S/C15H16O6S.C3H2O7/c1-7-4-12(17)21-11-5-8(2-3-9(7)11)20-15-14(19)13(18)10(16)6-22-15;4-1(5)9-3(8)10-2(6)7/h2-5,10,13-16,18-19H,6H2,1H3;(H,4,5)(H,6,7)/t10-,13+,14-,15-;/m1./s1. The van der Waals surface area contributed by atoms with Gasteiger partial charge in [-0.1, -0.05) is 0 Å². The highest BCUT2D eigenvalue weighted by molar-refractivity contribution is 7.99. The van der Waals surface area contributed by atoms with Crippen LogP contribution in [0.25, 0.3) is 11.0 Å². The van der Waals surface area contributed by atoms with E-state index in [2.05, 4.69) is 9.47 Å². The van der Waals surface area contributed by atoms with Crippen molar-refractivity contribution in [2.45, 2.75) is 30.7 Å². The van der Waals surface area contributed by atoms with Gasteiger partial charge in [0.1, 0.15) is 23.5 Å². The molecule has 0 saturated carbocycles. The smallest absolute Gasteiger partial charge is 0.477 e. The predicted molar refractivity (Wildman–Crippen MR) is 106 cm³/mol. The molecule has 0 bridgehead atoms. The summed E-state index contributed by atoms with van der Waals surface area (Å²) in [5, 5.41) is 45.3. The van der Waals surface area contributed by atoms with Crippen molar-refractivity contribution in [1.29, 1.82) is 0 Å². The molecule has 0 aliphatic carbocycles. The van der Waals surface area contributed by atoms with E-state index >= 15 is 0 Å². The second-order valence-electron chi connectivity index (χ2n) is 6.26. The third kappa shape index (κ3) is 6.84. The molecule has 13 nitrogen and oxygen atoms in total. The molecule has 4 atom stereocenters. The van der Waals surface area contributed by atoms with Crippen LogP contribution in [0.3, 0.4) is 0 Å². The van der Waals surface area contributed by atoms with Gasteiger partial charge in [0.2, 0.25) is 0 Å². The summed E-state index contributed by atoms with van der Waals surface area (Å²) in [4.78, 5) is 40.2. The molecule has 3 rings (SSSR count). The first-order valence-electron chi connectivity index (χ1n) is 8.70. The quantitative estimate of drug-likeness (QED) is 0.235. The summed E-state index contributed by atoms with van der Waals surface area (Å²) < 4.78 is 17.3. The van der Waals surface area contributed by atoms with E-state index in [9.17, 15) is 34.5 Å². The SMILES string of the molecule is Cc1cc(=O)oc2cc(O[C@@H]3SC[C@@H](O)[C@H](O)[C@H]3O)ccc12.O=C(O)OC(=O)OC(=O)O. The average Bonchev–Trinajstić information content (AvgIpc) is 2.67. The van der Waals surface area contributed by atoms with Gasteiger partial charge in [-0.05, 0) is 24.6 Å². The number of aryl methyl sites for hydroxylation is 1. The first-order valence-corrected chi connectivity index (χ1v) is 9.75. The molecular weight excluding hydrogens is 456 g/mol. The molecule has 1 aromatic carbocycles. The van der Waals surface area contributed by atoms with E-state index in [1.54, 1.807) is 18.2 Å². The van der Waals surface area contributed by atoms with Crippen LogP contribution in [0.15, 0.2) is 33.5 Å². The average molecular weight is 474 g/mol. The number of hydrogen-bond acceptors (Lipinski definition) is 12. The number of benzene rings is 1. The Labute approximate surface area is 182 Å². The molecule has 1 aliphatic heterocycles. The Bertz CT molecular complexity index is 1030. The fourth-order valence-electron chi connectivity index (χ4n) is 2.56. The van der Waals surface area contributed by atoms with E-state index in [0.29, 0.717) is 11.3 Å². The van der Waals surface area contributed by atoms with Crippen LogP contribution in [-0.4, -0.2) is 73.5 Å². The maximum absolute atomic E-state index is 11.4. The number of carbonyl (C=O) groups excluding carboxylic acids is 1. The lowest BCUT2D eigenvalue weighted by atomic mass is 10.1. The molecule has 0 unspecified atom stereocenters. The van der Waals surface area contributed by atoms with Gasteiger partial charge >= 0.3 is 24.1 Å². The summed E-state index contributed by atoms with van der Waals surface area (Å²) in [5.41, 5.74) is 0.0713. The van der Waals surface area contributed by atoms with Crippen molar-refractivity contribution in [2.24, 2.45) is 0 Å². The molecule has 14 heteroatoms. The zero-order valence-corrected chi connectivity index (χ0v) is 17.1. The molecular formula is C18H18O13S. The molecule has 1 fully saturated rings. The van der Waals surface area contributed by atoms with Gasteiger partial charge in [-0.2, -0.15) is 0 Å². The molecule has 174 valence electrons. The van der Waals surface area contributed by atoms with Gasteiger partial charge in [-0.25, -0.2) is 19.2 Å². The van der Waals surface area contributed by atoms with Gasteiger partial charge < -0.3 is 44.2 Å². The van der Waals surface area contributed by atoms with Crippen LogP contribution in [0.2, 0.25) is 0 Å². The number of fused-ring (bicyclic) bond motifs is 1. The lowest BCUT2D eigenvalue weighted by Gasteiger charge is -2.34. The van der Waals surface area contributed by atoms with Gasteiger partial charge in [0.15, 0.2) is 5.44 Å². The maximum Gasteiger partial charge on any atom is 0.528 e. The molecule has 0 radical (unpaired) electrons. The third-order valence-corrected chi connectivity index (χ3v) is 5.21. The Morgan fingerprint density at radius 2 is 1.66 bits per heavy atom. The number of carbonyl (C=O) groups is 3. The Hall–Kier alpha value is -3.33. The molecule has 1 saturated heterocycles. The minimum absolute atomic E-state index is 0.269. The summed E-state index contributed by atoms with van der Waals surface area (Å²) in [6.45, 7) is 1.82. The zero-order valence-electron chi connectivity index (χ0n) is 16.2. The molecule has 0 spiro atoms. The van der Waals surface area contributed by atoms with Gasteiger partial charge in [0.05, 0.1) is 6.10 Å². The van der Waals surface area contributed by atoms with Gasteiger partial charge in [-0.3, -0.25) is 0 Å². The summed E-state index contributed by atoms with van der Waals surface area (Å²) in [5.74, 6) is 0.686. The fourth-order valence-corrected chi connectivity index (χ4v) is 3.68. The Kier molecular flexibility index (Phi) is 8.42. The molecule has 1 aromatic heterocycles. The number of aliphatic hydroxyl groups is 3. The zero-order chi connectivity index (χ0) is 24.0. The predicted octanol–water partition coefficient (Wildman–Crippen LogP) is 1.13. The van der Waals surface area contributed by atoms with Crippen molar-refractivity contribution in [3.8, 4) is 5.75 Å². The lowest BCUT2D eigenvalue weighted by molar-refractivity contribution is -0.0786. The summed E-state index contributed by atoms with van der Waals surface area (Å²) in [6.07, 6.45) is -9.06. The maximum atomic E-state index is 11.4. The van der Waals surface area contributed by atoms with Crippen LogP contribution in [0.4, 0.5) is 14.4 Å². The molecule has 32 heavy (non-hydrogen) atoms. The fraction of sp³-hybridized carbons (Fsp3) is 0.333. The Balaban J connectivity index is 0.000000309. The molecule has 2 aromatic rings. The number of ether oxygens (including phenoxy) is 3. The van der Waals surface area contributed by atoms with Crippen molar-refractivity contribution in [3.05, 3.63) is 40.2 Å². The minimum atomic E-state index is -1.92. The molecule has 2 heterocycles. The highest BCUT2D eigenvalue weighted by Gasteiger charge is 2.38. The topological polar surface area (TPSA) is 210 Å². The van der Waals surface area contributed by atoms with E-state index in [0.717, 1.165) is 10.9 Å². The third-order valence-electron chi connectivity index (χ3n) is 3.97. The van der Waals surface area contributed by atoms with E-state index < -0.39 is 47.8 Å². The molecule has 0 amide bonds. The van der Waals surface area contributed by atoms with Crippen LogP contribution in [-0.2, 0) is 9.47 Å². The monoisotopic (exact) mass is 474 g/mol. The number of rotatable bonds is 2. The van der Waals surface area contributed by atoms with Gasteiger partial charge in [-0.15, -0.1) is 11.8 Å². The van der Waals surface area contributed by atoms with Crippen LogP contribution in [0.5, 0.6) is 5.75 Å². The van der Waals surface area contributed by atoms with Gasteiger partial charge in [0.25, 0.3) is 0 Å². The second-order valence-corrected chi connectivity index (χ2v) is 7.39. The van der Waals surface area contributed by atoms with E-state index in [1.807, 2.05) is 6.92 Å². The van der Waals surface area contributed by atoms with E-state index in [1.165, 1.54) is 17.8 Å². The van der Waals surface area contributed by atoms with Crippen LogP contribution < -0.4 is 10.4 Å². The molecule has 1 aliphatic rings. The lowest BCUT2D eigenvalue weighted by Crippen LogP contribution is -2.50. The van der Waals surface area contributed by atoms with E-state index in [4.69, 9.17) is 19.4 Å². The minimum Gasteiger partial charge on any atom is -0.477 e. The van der Waals surface area contributed by atoms with Crippen molar-refractivity contribution in [3.63, 3.8) is 0 Å². The van der Waals surface area contributed by atoms with Crippen molar-refractivity contribution < 1.29 is 58.5 Å². The summed E-state index contributed by atoms with van der Waals surface area (Å²) in [6, 6.07) is 6.48. The van der Waals surface area contributed by atoms with E-state index in [-0.39, 0.29) is 5.75 Å². The van der Waals surface area contributed by atoms with Crippen LogP contribution in [0, 0.1) is 6.92 Å².